The van der Waals surface area contributed by atoms with E-state index in [9.17, 15) is 14.7 Å². The van der Waals surface area contributed by atoms with Crippen molar-refractivity contribution in [3.05, 3.63) is 110 Å². The molecule has 2 aliphatic carbocycles. The second-order valence-corrected chi connectivity index (χ2v) is 19.1. The Hall–Kier alpha value is -3.46. The Morgan fingerprint density at radius 2 is 0.930 bits per heavy atom. The maximum absolute atomic E-state index is 12.1. The van der Waals surface area contributed by atoms with Gasteiger partial charge in [0, 0.05) is 5.56 Å². The van der Waals surface area contributed by atoms with E-state index in [2.05, 4.69) is 78.8 Å². The third kappa shape index (κ3) is 14.4. The van der Waals surface area contributed by atoms with Crippen LogP contribution in [0.4, 0.5) is 0 Å². The lowest BCUT2D eigenvalue weighted by molar-refractivity contribution is 0.0696. The number of Topliss-reactive ketones (excluding diaryl/α,β-unsaturated/α-hetero) is 1. The summed E-state index contributed by atoms with van der Waals surface area (Å²) >= 11 is 0. The van der Waals surface area contributed by atoms with Gasteiger partial charge in [-0.1, -0.05) is 142 Å². The highest BCUT2D eigenvalue weighted by atomic mass is 16.4. The largest absolute Gasteiger partial charge is 0.478 e. The Morgan fingerprint density at radius 1 is 0.561 bits per heavy atom. The van der Waals surface area contributed by atoms with Crippen molar-refractivity contribution in [3.8, 4) is 0 Å². The first kappa shape index (κ1) is 46.2. The first-order valence-corrected chi connectivity index (χ1v) is 23.1. The fourth-order valence-corrected chi connectivity index (χ4v) is 9.01. The minimum absolute atomic E-state index is 0.238. The van der Waals surface area contributed by atoms with Crippen LogP contribution in [-0.4, -0.2) is 16.9 Å². The number of unbranched alkanes of at least 4 members (excludes halogenated alkanes) is 10. The maximum Gasteiger partial charge on any atom is 0.335 e. The average molecular weight is 775 g/mol. The summed E-state index contributed by atoms with van der Waals surface area (Å²) in [6, 6.07) is 16.9. The van der Waals surface area contributed by atoms with Gasteiger partial charge in [0.15, 0.2) is 5.78 Å². The molecule has 0 atom stereocenters. The minimum atomic E-state index is -0.875. The monoisotopic (exact) mass is 775 g/mol. The minimum Gasteiger partial charge on any atom is -0.478 e. The zero-order valence-corrected chi connectivity index (χ0v) is 37.5. The van der Waals surface area contributed by atoms with E-state index in [0.29, 0.717) is 16.4 Å². The second-order valence-electron chi connectivity index (χ2n) is 19.1. The number of carbonyl (C=O) groups excluding carboxylic acids is 1. The van der Waals surface area contributed by atoms with Gasteiger partial charge in [0.2, 0.25) is 0 Å². The molecule has 0 aromatic heterocycles. The maximum atomic E-state index is 12.1. The van der Waals surface area contributed by atoms with Crippen molar-refractivity contribution in [2.75, 3.05) is 0 Å². The summed E-state index contributed by atoms with van der Waals surface area (Å²) in [6.07, 6.45) is 29.6. The van der Waals surface area contributed by atoms with Crippen LogP contribution in [0.2, 0.25) is 0 Å². The van der Waals surface area contributed by atoms with E-state index in [1.165, 1.54) is 155 Å². The molecule has 0 amide bonds. The van der Waals surface area contributed by atoms with E-state index in [0.717, 1.165) is 36.8 Å². The number of carboxylic acids is 1. The predicted molar refractivity (Wildman–Crippen MR) is 244 cm³/mol. The van der Waals surface area contributed by atoms with E-state index in [-0.39, 0.29) is 5.78 Å². The fraction of sp³-hybridized carbons (Fsp3) is 0.593. The van der Waals surface area contributed by atoms with Gasteiger partial charge in [-0.05, 0) is 170 Å². The van der Waals surface area contributed by atoms with E-state index in [1.807, 2.05) is 12.1 Å². The van der Waals surface area contributed by atoms with Crippen LogP contribution in [0.5, 0.6) is 0 Å². The standard InChI is InChI=1S/C31H42O2.C23H36O/c1-5-7-8-9-10-11-12-27-21-25-17-19-31(3,4)20-18-26(25)22-29(27)28(6-2)23-13-15-24(16-14-23)30(32)33;1-5-6-7-8-9-10-11-21-16-19-12-14-23(3,4)15-13-20(19)17-22(21)18(2)24/h6,13-16,21-22H,5,7-12,17-20H2,1-4H3,(H,32,33);16-17H,5-15H2,1-4H3/b28-6-;. The molecule has 3 nitrogen and oxygen atoms in total. The Kier molecular flexibility index (Phi) is 18.4. The van der Waals surface area contributed by atoms with Crippen LogP contribution in [0.25, 0.3) is 5.57 Å². The first-order chi connectivity index (χ1) is 27.3. The van der Waals surface area contributed by atoms with Crippen molar-refractivity contribution in [1.82, 2.24) is 0 Å². The van der Waals surface area contributed by atoms with Crippen LogP contribution >= 0.6 is 0 Å². The SMILES string of the molecule is C/C=C(/c1ccc(C(=O)O)cc1)c1cc2c(cc1CCCCCCCC)CCC(C)(C)CC2.CCCCCCCCc1cc2c(cc1C(C)=O)CCC(C)(C)CC2. The molecule has 0 bridgehead atoms. The number of aryl methyl sites for hydroxylation is 6. The Balaban J connectivity index is 0.000000266. The number of fused-ring (bicyclic) bond motifs is 2. The lowest BCUT2D eigenvalue weighted by atomic mass is 9.85. The summed E-state index contributed by atoms with van der Waals surface area (Å²) in [7, 11) is 0. The van der Waals surface area contributed by atoms with Crippen LogP contribution in [0, 0.1) is 10.8 Å². The molecule has 0 spiro atoms. The molecule has 0 saturated carbocycles. The number of benzene rings is 3. The third-order valence-electron chi connectivity index (χ3n) is 13.1. The van der Waals surface area contributed by atoms with Crippen molar-refractivity contribution in [2.24, 2.45) is 10.8 Å². The molecule has 3 aromatic rings. The summed E-state index contributed by atoms with van der Waals surface area (Å²) in [6.45, 7) is 17.9. The second kappa shape index (κ2) is 22.6. The highest BCUT2D eigenvalue weighted by molar-refractivity contribution is 5.96. The van der Waals surface area contributed by atoms with Gasteiger partial charge in [-0.3, -0.25) is 4.79 Å². The molecule has 0 saturated heterocycles. The average Bonchev–Trinajstić information content (AvgIpc) is 3.43. The Bertz CT molecular complexity index is 1770. The molecule has 0 fully saturated rings. The fourth-order valence-electron chi connectivity index (χ4n) is 9.01. The molecular weight excluding hydrogens is 697 g/mol. The molecule has 0 unspecified atom stereocenters. The molecule has 57 heavy (non-hydrogen) atoms. The first-order valence-electron chi connectivity index (χ1n) is 23.1. The quantitative estimate of drug-likeness (QED) is 0.0795. The molecule has 0 heterocycles. The summed E-state index contributed by atoms with van der Waals surface area (Å²) in [5, 5.41) is 9.29. The molecule has 3 heteroatoms. The molecule has 3 aromatic carbocycles. The highest BCUT2D eigenvalue weighted by Crippen LogP contribution is 2.38. The van der Waals surface area contributed by atoms with Crippen LogP contribution in [0.1, 0.15) is 223 Å². The van der Waals surface area contributed by atoms with Gasteiger partial charge >= 0.3 is 5.97 Å². The van der Waals surface area contributed by atoms with Crippen LogP contribution in [0.3, 0.4) is 0 Å². The normalized spacial score (nSPS) is 16.0. The molecular formula is C54H78O3. The molecule has 1 N–H and O–H groups in total. The van der Waals surface area contributed by atoms with Gasteiger partial charge < -0.3 is 5.11 Å². The number of rotatable bonds is 18. The summed E-state index contributed by atoms with van der Waals surface area (Å²) in [5.41, 5.74) is 14.6. The van der Waals surface area contributed by atoms with E-state index in [1.54, 1.807) is 24.6 Å². The summed E-state index contributed by atoms with van der Waals surface area (Å²) in [5.74, 6) is -0.637. The van der Waals surface area contributed by atoms with Crippen LogP contribution in [0.15, 0.2) is 54.6 Å². The van der Waals surface area contributed by atoms with E-state index in [4.69, 9.17) is 0 Å². The number of aromatic carboxylic acids is 1. The number of carbonyl (C=O) groups is 2. The Morgan fingerprint density at radius 3 is 1.33 bits per heavy atom. The molecule has 0 radical (unpaired) electrons. The van der Waals surface area contributed by atoms with E-state index >= 15 is 0 Å². The van der Waals surface area contributed by atoms with Gasteiger partial charge in [0.05, 0.1) is 5.56 Å². The zero-order valence-electron chi connectivity index (χ0n) is 37.5. The molecule has 312 valence electrons. The molecule has 0 aliphatic heterocycles. The number of hydrogen-bond acceptors (Lipinski definition) is 2. The van der Waals surface area contributed by atoms with Crippen LogP contribution in [-0.2, 0) is 38.5 Å². The van der Waals surface area contributed by atoms with E-state index < -0.39 is 5.97 Å². The van der Waals surface area contributed by atoms with Gasteiger partial charge in [-0.15, -0.1) is 0 Å². The summed E-state index contributed by atoms with van der Waals surface area (Å²) < 4.78 is 0. The summed E-state index contributed by atoms with van der Waals surface area (Å²) in [4.78, 5) is 23.5. The lowest BCUT2D eigenvalue weighted by Crippen LogP contribution is -2.10. The number of hydrogen-bond donors (Lipinski definition) is 1. The molecule has 5 rings (SSSR count). The van der Waals surface area contributed by atoms with Crippen LogP contribution < -0.4 is 0 Å². The third-order valence-corrected chi connectivity index (χ3v) is 13.1. The predicted octanol–water partition coefficient (Wildman–Crippen LogP) is 15.3. The lowest BCUT2D eigenvalue weighted by Gasteiger charge is -2.21. The van der Waals surface area contributed by atoms with Gasteiger partial charge in [-0.25, -0.2) is 4.79 Å². The highest BCUT2D eigenvalue weighted by Gasteiger charge is 2.25. The van der Waals surface area contributed by atoms with Crippen molar-refractivity contribution < 1.29 is 14.7 Å². The van der Waals surface area contributed by atoms with Gasteiger partial charge in [0.1, 0.15) is 0 Å². The van der Waals surface area contributed by atoms with Gasteiger partial charge in [0.25, 0.3) is 0 Å². The van der Waals surface area contributed by atoms with Crippen molar-refractivity contribution in [1.29, 1.82) is 0 Å². The Labute approximate surface area is 348 Å². The molecule has 2 aliphatic rings. The van der Waals surface area contributed by atoms with Crippen molar-refractivity contribution in [3.63, 3.8) is 0 Å². The smallest absolute Gasteiger partial charge is 0.335 e. The number of carboxylic acid groups (broad SMARTS) is 1. The zero-order chi connectivity index (χ0) is 41.4. The number of allylic oxidation sites excluding steroid dienone is 1. The number of ketones is 1. The topological polar surface area (TPSA) is 54.4 Å². The van der Waals surface area contributed by atoms with Crippen molar-refractivity contribution in [2.45, 2.75) is 197 Å². The van der Waals surface area contributed by atoms with Crippen molar-refractivity contribution >= 4 is 17.3 Å². The van der Waals surface area contributed by atoms with Gasteiger partial charge in [-0.2, -0.15) is 0 Å².